The van der Waals surface area contributed by atoms with Crippen molar-refractivity contribution in [2.45, 2.75) is 39.8 Å². The molecule has 28 heavy (non-hydrogen) atoms. The zero-order valence-electron chi connectivity index (χ0n) is 16.9. The average Bonchev–Trinajstić information content (AvgIpc) is 2.94. The molecule has 3 heterocycles. The van der Waals surface area contributed by atoms with E-state index in [1.807, 2.05) is 24.7 Å². The lowest BCUT2D eigenvalue weighted by molar-refractivity contribution is 0.212. The summed E-state index contributed by atoms with van der Waals surface area (Å²) in [6.07, 6.45) is 4.76. The molecule has 1 atom stereocenters. The fraction of sp³-hybridized carbons (Fsp3) is 0.409. The van der Waals surface area contributed by atoms with E-state index in [4.69, 9.17) is 4.98 Å². The third-order valence-corrected chi connectivity index (χ3v) is 5.49. The van der Waals surface area contributed by atoms with Crippen LogP contribution in [0.15, 0.2) is 48.8 Å². The van der Waals surface area contributed by atoms with E-state index in [1.54, 1.807) is 6.20 Å². The molecule has 0 radical (unpaired) electrons. The van der Waals surface area contributed by atoms with Crippen LogP contribution in [-0.2, 0) is 6.54 Å². The van der Waals surface area contributed by atoms with Gasteiger partial charge in [0.2, 0.25) is 0 Å². The molecule has 6 nitrogen and oxygen atoms in total. The van der Waals surface area contributed by atoms with E-state index in [-0.39, 0.29) is 0 Å². The fourth-order valence-electron chi connectivity index (χ4n) is 3.85. The predicted molar refractivity (Wildman–Crippen MR) is 112 cm³/mol. The van der Waals surface area contributed by atoms with E-state index in [2.05, 4.69) is 63.2 Å². The molecule has 1 aliphatic rings. The van der Waals surface area contributed by atoms with Crippen molar-refractivity contribution in [3.05, 3.63) is 65.7 Å². The van der Waals surface area contributed by atoms with Gasteiger partial charge in [-0.1, -0.05) is 30.3 Å². The predicted octanol–water partition coefficient (Wildman–Crippen LogP) is 3.38. The summed E-state index contributed by atoms with van der Waals surface area (Å²) >= 11 is 0. The van der Waals surface area contributed by atoms with Gasteiger partial charge in [0.1, 0.15) is 5.82 Å². The molecule has 3 aromatic rings. The van der Waals surface area contributed by atoms with Crippen LogP contribution in [0.25, 0.3) is 5.82 Å². The first kappa shape index (κ1) is 18.6. The SMILES string of the molecule is Cc1cc(C)n(-c2cncc(N3CCC(C)N(Cc4ccccc4)CC3)n2)n1. The van der Waals surface area contributed by atoms with E-state index in [9.17, 15) is 0 Å². The molecule has 4 rings (SSSR count). The van der Waals surface area contributed by atoms with Gasteiger partial charge in [-0.05, 0) is 38.8 Å². The number of hydrogen-bond acceptors (Lipinski definition) is 5. The highest BCUT2D eigenvalue weighted by molar-refractivity contribution is 5.40. The van der Waals surface area contributed by atoms with E-state index >= 15 is 0 Å². The summed E-state index contributed by atoms with van der Waals surface area (Å²) in [6.45, 7) is 10.3. The number of rotatable bonds is 4. The Balaban J connectivity index is 1.50. The maximum Gasteiger partial charge on any atom is 0.174 e. The van der Waals surface area contributed by atoms with Crippen LogP contribution in [0.4, 0.5) is 5.82 Å². The first-order valence-corrected chi connectivity index (χ1v) is 9.99. The van der Waals surface area contributed by atoms with Crippen molar-refractivity contribution in [2.75, 3.05) is 24.5 Å². The van der Waals surface area contributed by atoms with Crippen molar-refractivity contribution in [3.63, 3.8) is 0 Å². The highest BCUT2D eigenvalue weighted by Crippen LogP contribution is 2.20. The standard InChI is InChI=1S/C22H28N6/c1-17-13-19(3)28(25-17)22-15-23-14-21(24-22)26-10-9-18(2)27(12-11-26)16-20-7-5-4-6-8-20/h4-8,13-15,18H,9-12,16H2,1-3H3. The lowest BCUT2D eigenvalue weighted by atomic mass is 10.1. The Hall–Kier alpha value is -2.73. The summed E-state index contributed by atoms with van der Waals surface area (Å²) < 4.78 is 1.87. The molecule has 0 N–H and O–H groups in total. The molecule has 1 fully saturated rings. The summed E-state index contributed by atoms with van der Waals surface area (Å²) in [6, 6.07) is 13.3. The van der Waals surface area contributed by atoms with Crippen LogP contribution < -0.4 is 4.90 Å². The van der Waals surface area contributed by atoms with Gasteiger partial charge in [-0.15, -0.1) is 0 Å². The number of aromatic nitrogens is 4. The van der Waals surface area contributed by atoms with Crippen LogP contribution in [0, 0.1) is 13.8 Å². The van der Waals surface area contributed by atoms with Gasteiger partial charge in [-0.25, -0.2) is 9.67 Å². The summed E-state index contributed by atoms with van der Waals surface area (Å²) in [7, 11) is 0. The Kier molecular flexibility index (Phi) is 5.39. The van der Waals surface area contributed by atoms with Crippen molar-refractivity contribution in [2.24, 2.45) is 0 Å². The van der Waals surface area contributed by atoms with Crippen LogP contribution in [0.5, 0.6) is 0 Å². The first-order valence-electron chi connectivity index (χ1n) is 9.99. The van der Waals surface area contributed by atoms with Crippen LogP contribution in [0.2, 0.25) is 0 Å². The number of anilines is 1. The quantitative estimate of drug-likeness (QED) is 0.699. The number of aryl methyl sites for hydroxylation is 2. The lowest BCUT2D eigenvalue weighted by Gasteiger charge is -2.26. The second-order valence-electron chi connectivity index (χ2n) is 7.66. The molecule has 0 aliphatic carbocycles. The normalized spacial score (nSPS) is 18.2. The van der Waals surface area contributed by atoms with E-state index in [0.29, 0.717) is 6.04 Å². The highest BCUT2D eigenvalue weighted by Gasteiger charge is 2.22. The molecule has 1 aliphatic heterocycles. The monoisotopic (exact) mass is 376 g/mol. The minimum atomic E-state index is 0.539. The van der Waals surface area contributed by atoms with Gasteiger partial charge in [-0.2, -0.15) is 5.10 Å². The van der Waals surface area contributed by atoms with Crippen molar-refractivity contribution in [3.8, 4) is 5.82 Å². The third kappa shape index (κ3) is 4.07. The smallest absolute Gasteiger partial charge is 0.174 e. The highest BCUT2D eigenvalue weighted by atomic mass is 15.3. The van der Waals surface area contributed by atoms with Gasteiger partial charge in [0.05, 0.1) is 18.1 Å². The zero-order valence-corrected chi connectivity index (χ0v) is 16.9. The van der Waals surface area contributed by atoms with Crippen LogP contribution in [0.3, 0.4) is 0 Å². The fourth-order valence-corrected chi connectivity index (χ4v) is 3.85. The molecule has 146 valence electrons. The van der Waals surface area contributed by atoms with Crippen molar-refractivity contribution in [1.82, 2.24) is 24.6 Å². The molecule has 6 heteroatoms. The van der Waals surface area contributed by atoms with Crippen LogP contribution in [0.1, 0.15) is 30.3 Å². The molecular weight excluding hydrogens is 348 g/mol. The minimum Gasteiger partial charge on any atom is -0.354 e. The Labute approximate surface area is 166 Å². The molecule has 0 saturated carbocycles. The topological polar surface area (TPSA) is 50.1 Å². The Morgan fingerprint density at radius 3 is 2.54 bits per heavy atom. The second-order valence-corrected chi connectivity index (χ2v) is 7.66. The van der Waals surface area contributed by atoms with Gasteiger partial charge in [0, 0.05) is 37.9 Å². The molecule has 2 aromatic heterocycles. The van der Waals surface area contributed by atoms with Crippen LogP contribution in [-0.4, -0.2) is 50.3 Å². The number of hydrogen-bond donors (Lipinski definition) is 0. The maximum absolute atomic E-state index is 4.86. The zero-order chi connectivity index (χ0) is 19.5. The molecular formula is C22H28N6. The summed E-state index contributed by atoms with van der Waals surface area (Å²) in [5.41, 5.74) is 3.43. The lowest BCUT2D eigenvalue weighted by Crippen LogP contribution is -2.34. The molecule has 0 amide bonds. The van der Waals surface area contributed by atoms with E-state index in [0.717, 1.165) is 55.6 Å². The number of nitrogens with zero attached hydrogens (tertiary/aromatic N) is 6. The third-order valence-electron chi connectivity index (χ3n) is 5.49. The Morgan fingerprint density at radius 2 is 1.79 bits per heavy atom. The van der Waals surface area contributed by atoms with Gasteiger partial charge < -0.3 is 4.90 Å². The summed E-state index contributed by atoms with van der Waals surface area (Å²) in [4.78, 5) is 14.2. The van der Waals surface area contributed by atoms with E-state index in [1.165, 1.54) is 5.56 Å². The van der Waals surface area contributed by atoms with Crippen molar-refractivity contribution in [1.29, 1.82) is 0 Å². The molecule has 1 unspecified atom stereocenters. The molecule has 0 spiro atoms. The van der Waals surface area contributed by atoms with Gasteiger partial charge in [0.15, 0.2) is 5.82 Å². The average molecular weight is 377 g/mol. The summed E-state index contributed by atoms with van der Waals surface area (Å²) in [5.74, 6) is 1.71. The number of benzene rings is 1. The Morgan fingerprint density at radius 1 is 1.00 bits per heavy atom. The van der Waals surface area contributed by atoms with E-state index < -0.39 is 0 Å². The Bertz CT molecular complexity index is 920. The van der Waals surface area contributed by atoms with Crippen molar-refractivity contribution >= 4 is 5.82 Å². The first-order chi connectivity index (χ1) is 13.6. The molecule has 1 aromatic carbocycles. The maximum atomic E-state index is 4.86. The summed E-state index contributed by atoms with van der Waals surface area (Å²) in [5, 5.41) is 4.54. The second kappa shape index (κ2) is 8.10. The van der Waals surface area contributed by atoms with Crippen molar-refractivity contribution < 1.29 is 0 Å². The molecule has 1 saturated heterocycles. The van der Waals surface area contributed by atoms with Crippen LogP contribution >= 0.6 is 0 Å². The van der Waals surface area contributed by atoms with Gasteiger partial charge in [0.25, 0.3) is 0 Å². The largest absolute Gasteiger partial charge is 0.354 e. The van der Waals surface area contributed by atoms with Gasteiger partial charge >= 0.3 is 0 Å². The minimum absolute atomic E-state index is 0.539. The molecule has 0 bridgehead atoms. The van der Waals surface area contributed by atoms with Gasteiger partial charge in [-0.3, -0.25) is 9.88 Å².